The summed E-state index contributed by atoms with van der Waals surface area (Å²) in [4.78, 5) is 7.82. The standard InChI is InChI=1S/C12H20N4OS/c1-9(13)8-10-11(15(2)4-6-17-3)14-12-16(10)5-7-18-12/h5,7,9H,4,6,8,13H2,1-3H3. The van der Waals surface area contributed by atoms with Gasteiger partial charge >= 0.3 is 0 Å². The van der Waals surface area contributed by atoms with Crippen LogP contribution in [0.1, 0.15) is 12.6 Å². The van der Waals surface area contributed by atoms with Crippen LogP contribution in [0.5, 0.6) is 0 Å². The second-order valence-corrected chi connectivity index (χ2v) is 5.41. The van der Waals surface area contributed by atoms with Gasteiger partial charge in [-0.1, -0.05) is 0 Å². The van der Waals surface area contributed by atoms with Gasteiger partial charge in [0, 0.05) is 44.7 Å². The normalized spacial score (nSPS) is 13.1. The van der Waals surface area contributed by atoms with Crippen molar-refractivity contribution in [3.63, 3.8) is 0 Å². The molecule has 0 aromatic carbocycles. The Balaban J connectivity index is 2.32. The molecule has 2 aromatic rings. The van der Waals surface area contributed by atoms with E-state index >= 15 is 0 Å². The SMILES string of the molecule is COCCN(C)c1nc2sccn2c1CC(C)N. The lowest BCUT2D eigenvalue weighted by Gasteiger charge is -2.18. The molecule has 2 N–H and O–H groups in total. The number of thiazole rings is 1. The Bertz CT molecular complexity index is 505. The van der Waals surface area contributed by atoms with E-state index in [0.29, 0.717) is 6.61 Å². The summed E-state index contributed by atoms with van der Waals surface area (Å²) < 4.78 is 7.24. The van der Waals surface area contributed by atoms with Crippen molar-refractivity contribution in [3.05, 3.63) is 17.3 Å². The molecule has 1 unspecified atom stereocenters. The van der Waals surface area contributed by atoms with Gasteiger partial charge in [-0.05, 0) is 6.92 Å². The first-order chi connectivity index (χ1) is 8.63. The van der Waals surface area contributed by atoms with Gasteiger partial charge in [-0.2, -0.15) is 0 Å². The third-order valence-electron chi connectivity index (χ3n) is 2.85. The van der Waals surface area contributed by atoms with E-state index < -0.39 is 0 Å². The molecule has 5 nitrogen and oxygen atoms in total. The van der Waals surface area contributed by atoms with Gasteiger partial charge in [0.2, 0.25) is 0 Å². The molecule has 0 aliphatic heterocycles. The number of fused-ring (bicyclic) bond motifs is 1. The minimum absolute atomic E-state index is 0.124. The van der Waals surface area contributed by atoms with Crippen molar-refractivity contribution in [2.75, 3.05) is 32.2 Å². The van der Waals surface area contributed by atoms with Crippen LogP contribution in [-0.4, -0.2) is 42.7 Å². The van der Waals surface area contributed by atoms with E-state index in [1.807, 2.05) is 19.4 Å². The third kappa shape index (κ3) is 2.66. The molecule has 0 fully saturated rings. The number of methoxy groups -OCH3 is 1. The maximum absolute atomic E-state index is 5.93. The molecular weight excluding hydrogens is 248 g/mol. The highest BCUT2D eigenvalue weighted by molar-refractivity contribution is 7.15. The van der Waals surface area contributed by atoms with Gasteiger partial charge in [0.15, 0.2) is 10.8 Å². The van der Waals surface area contributed by atoms with Gasteiger partial charge in [-0.3, -0.25) is 4.40 Å². The topological polar surface area (TPSA) is 55.8 Å². The van der Waals surface area contributed by atoms with Crippen LogP contribution in [-0.2, 0) is 11.2 Å². The number of rotatable bonds is 6. The van der Waals surface area contributed by atoms with E-state index in [4.69, 9.17) is 10.5 Å². The molecule has 0 aliphatic carbocycles. The first kappa shape index (κ1) is 13.3. The fourth-order valence-corrected chi connectivity index (χ4v) is 2.68. The molecular formula is C12H20N4OS. The summed E-state index contributed by atoms with van der Waals surface area (Å²) in [5.74, 6) is 1.01. The molecule has 0 aliphatic rings. The number of hydrogen-bond donors (Lipinski definition) is 1. The van der Waals surface area contributed by atoms with Gasteiger partial charge in [0.25, 0.3) is 0 Å². The van der Waals surface area contributed by atoms with Gasteiger partial charge in [0.1, 0.15) is 0 Å². The van der Waals surface area contributed by atoms with E-state index in [-0.39, 0.29) is 6.04 Å². The summed E-state index contributed by atoms with van der Waals surface area (Å²) in [6.07, 6.45) is 2.88. The van der Waals surface area contributed by atoms with Gasteiger partial charge in [-0.15, -0.1) is 11.3 Å². The quantitative estimate of drug-likeness (QED) is 0.859. The fourth-order valence-electron chi connectivity index (χ4n) is 1.96. The molecule has 0 amide bonds. The Morgan fingerprint density at radius 1 is 1.61 bits per heavy atom. The molecule has 0 bridgehead atoms. The molecule has 0 saturated heterocycles. The maximum atomic E-state index is 5.93. The van der Waals surface area contributed by atoms with Crippen molar-refractivity contribution in [3.8, 4) is 0 Å². The average Bonchev–Trinajstić information content (AvgIpc) is 2.88. The predicted octanol–water partition coefficient (Wildman–Crippen LogP) is 1.37. The zero-order valence-corrected chi connectivity index (χ0v) is 11.9. The monoisotopic (exact) mass is 268 g/mol. The smallest absolute Gasteiger partial charge is 0.195 e. The molecule has 2 heterocycles. The molecule has 18 heavy (non-hydrogen) atoms. The van der Waals surface area contributed by atoms with Crippen molar-refractivity contribution in [1.29, 1.82) is 0 Å². The van der Waals surface area contributed by atoms with Crippen LogP contribution in [0, 0.1) is 0 Å². The molecule has 100 valence electrons. The summed E-state index contributed by atoms with van der Waals surface area (Å²) in [6.45, 7) is 3.54. The third-order valence-corrected chi connectivity index (χ3v) is 3.60. The number of hydrogen-bond acceptors (Lipinski definition) is 5. The zero-order chi connectivity index (χ0) is 13.1. The number of nitrogens with two attached hydrogens (primary N) is 1. The molecule has 2 rings (SSSR count). The maximum Gasteiger partial charge on any atom is 0.195 e. The van der Waals surface area contributed by atoms with Crippen molar-refractivity contribution < 1.29 is 4.74 Å². The largest absolute Gasteiger partial charge is 0.383 e. The van der Waals surface area contributed by atoms with Crippen LogP contribution in [0.15, 0.2) is 11.6 Å². The Labute approximate surface area is 111 Å². The molecule has 2 aromatic heterocycles. The highest BCUT2D eigenvalue weighted by Gasteiger charge is 2.17. The van der Waals surface area contributed by atoms with Crippen LogP contribution >= 0.6 is 11.3 Å². The fraction of sp³-hybridized carbons (Fsp3) is 0.583. The van der Waals surface area contributed by atoms with Crippen LogP contribution < -0.4 is 10.6 Å². The summed E-state index contributed by atoms with van der Waals surface area (Å²) in [5.41, 5.74) is 7.11. The van der Waals surface area contributed by atoms with Crippen molar-refractivity contribution in [2.45, 2.75) is 19.4 Å². The Kier molecular flexibility index (Phi) is 4.21. The molecule has 0 saturated carbocycles. The lowest BCUT2D eigenvalue weighted by atomic mass is 10.2. The van der Waals surface area contributed by atoms with Crippen molar-refractivity contribution in [1.82, 2.24) is 9.38 Å². The van der Waals surface area contributed by atoms with E-state index in [1.165, 1.54) is 5.69 Å². The van der Waals surface area contributed by atoms with E-state index in [0.717, 1.165) is 23.7 Å². The first-order valence-corrected chi connectivity index (χ1v) is 6.91. The van der Waals surface area contributed by atoms with Gasteiger partial charge in [0.05, 0.1) is 12.3 Å². The Hall–Kier alpha value is -1.11. The van der Waals surface area contributed by atoms with E-state index in [9.17, 15) is 0 Å². The van der Waals surface area contributed by atoms with Crippen LogP contribution in [0.25, 0.3) is 4.96 Å². The summed E-state index contributed by atoms with van der Waals surface area (Å²) in [7, 11) is 3.75. The number of likely N-dealkylation sites (N-methyl/N-ethyl adjacent to an activating group) is 1. The second-order valence-electron chi connectivity index (χ2n) is 4.53. The predicted molar refractivity (Wildman–Crippen MR) is 75.6 cm³/mol. The number of nitrogens with zero attached hydrogens (tertiary/aromatic N) is 3. The molecule has 6 heteroatoms. The number of aromatic nitrogens is 2. The average molecular weight is 268 g/mol. The summed E-state index contributed by atoms with van der Waals surface area (Å²) >= 11 is 1.64. The Morgan fingerprint density at radius 3 is 3.06 bits per heavy atom. The summed E-state index contributed by atoms with van der Waals surface area (Å²) in [6, 6.07) is 0.124. The summed E-state index contributed by atoms with van der Waals surface area (Å²) in [5, 5.41) is 2.05. The second kappa shape index (κ2) is 5.69. The van der Waals surface area contributed by atoms with Gasteiger partial charge < -0.3 is 15.4 Å². The highest BCUT2D eigenvalue weighted by atomic mass is 32.1. The minimum atomic E-state index is 0.124. The Morgan fingerprint density at radius 2 is 2.39 bits per heavy atom. The van der Waals surface area contributed by atoms with E-state index in [1.54, 1.807) is 18.4 Å². The van der Waals surface area contributed by atoms with Crippen molar-refractivity contribution >= 4 is 22.1 Å². The first-order valence-electron chi connectivity index (χ1n) is 6.03. The lowest BCUT2D eigenvalue weighted by Crippen LogP contribution is -2.25. The van der Waals surface area contributed by atoms with Crippen LogP contribution in [0.3, 0.4) is 0 Å². The molecule has 1 atom stereocenters. The lowest BCUT2D eigenvalue weighted by molar-refractivity contribution is 0.206. The van der Waals surface area contributed by atoms with Crippen LogP contribution in [0.2, 0.25) is 0 Å². The zero-order valence-electron chi connectivity index (χ0n) is 11.1. The van der Waals surface area contributed by atoms with Crippen molar-refractivity contribution in [2.24, 2.45) is 5.73 Å². The number of anilines is 1. The van der Waals surface area contributed by atoms with E-state index in [2.05, 4.69) is 20.5 Å². The molecule has 0 spiro atoms. The van der Waals surface area contributed by atoms with Crippen LogP contribution in [0.4, 0.5) is 5.82 Å². The number of imidazole rings is 1. The molecule has 0 radical (unpaired) electrons. The van der Waals surface area contributed by atoms with Gasteiger partial charge in [-0.25, -0.2) is 4.98 Å². The highest BCUT2D eigenvalue weighted by Crippen LogP contribution is 2.24. The minimum Gasteiger partial charge on any atom is -0.383 e. The number of ether oxygens (including phenoxy) is 1.